The highest BCUT2D eigenvalue weighted by molar-refractivity contribution is 6.00. The van der Waals surface area contributed by atoms with Gasteiger partial charge in [0.1, 0.15) is 17.0 Å². The molecule has 8 nitrogen and oxygen atoms in total. The monoisotopic (exact) mass is 475 g/mol. The van der Waals surface area contributed by atoms with Gasteiger partial charge in [0.2, 0.25) is 5.91 Å². The largest absolute Gasteiger partial charge is 0.573 e. The second kappa shape index (κ2) is 7.78. The Labute approximate surface area is 193 Å². The number of nitrogens with one attached hydrogen (secondary N) is 1. The Morgan fingerprint density at radius 2 is 1.97 bits per heavy atom. The number of aryl methyl sites for hydroxylation is 2. The number of halogens is 3. The Hall–Kier alpha value is -3.50. The summed E-state index contributed by atoms with van der Waals surface area (Å²) in [6.45, 7) is 3.01. The summed E-state index contributed by atoms with van der Waals surface area (Å²) in [6.07, 6.45) is 2.41. The number of carbonyl (C=O) groups is 2. The number of fused-ring (bicyclic) bond motifs is 1. The van der Waals surface area contributed by atoms with Gasteiger partial charge in [0.15, 0.2) is 0 Å². The van der Waals surface area contributed by atoms with Crippen molar-refractivity contribution < 1.29 is 27.5 Å². The molecule has 180 valence electrons. The van der Waals surface area contributed by atoms with E-state index in [1.54, 1.807) is 23.8 Å². The lowest BCUT2D eigenvalue weighted by Crippen LogP contribution is -2.63. The number of imidazole rings is 1. The molecule has 1 N–H and O–H groups in total. The van der Waals surface area contributed by atoms with E-state index >= 15 is 0 Å². The van der Waals surface area contributed by atoms with Crippen LogP contribution < -0.4 is 10.1 Å². The van der Waals surface area contributed by atoms with E-state index in [1.807, 2.05) is 22.7 Å². The van der Waals surface area contributed by atoms with Gasteiger partial charge in [-0.25, -0.2) is 4.52 Å². The molecule has 34 heavy (non-hydrogen) atoms. The van der Waals surface area contributed by atoms with E-state index in [9.17, 15) is 22.8 Å². The number of aromatic nitrogens is 3. The molecule has 1 saturated heterocycles. The zero-order chi connectivity index (χ0) is 24.3. The molecule has 1 saturated carbocycles. The Bertz CT molecular complexity index is 1260. The Morgan fingerprint density at radius 3 is 2.68 bits per heavy atom. The van der Waals surface area contributed by atoms with Gasteiger partial charge < -0.3 is 19.5 Å². The minimum Gasteiger partial charge on any atom is -0.406 e. The molecule has 2 amide bonds. The van der Waals surface area contributed by atoms with Crippen LogP contribution in [0.5, 0.6) is 5.75 Å². The summed E-state index contributed by atoms with van der Waals surface area (Å²) in [6, 6.07) is 3.86. The van der Waals surface area contributed by atoms with Crippen molar-refractivity contribution in [2.75, 3.05) is 18.4 Å². The highest BCUT2D eigenvalue weighted by Gasteiger charge is 2.54. The van der Waals surface area contributed by atoms with Gasteiger partial charge in [-0.3, -0.25) is 9.59 Å². The summed E-state index contributed by atoms with van der Waals surface area (Å²) < 4.78 is 44.9. The van der Waals surface area contributed by atoms with Crippen molar-refractivity contribution in [2.24, 2.45) is 18.4 Å². The smallest absolute Gasteiger partial charge is 0.406 e. The molecular weight excluding hydrogens is 451 g/mol. The molecule has 3 heterocycles. The molecule has 0 bridgehead atoms. The number of nitrogens with zero attached hydrogens (tertiary/aromatic N) is 4. The highest BCUT2D eigenvalue weighted by atomic mass is 19.4. The maximum Gasteiger partial charge on any atom is 0.573 e. The van der Waals surface area contributed by atoms with E-state index < -0.39 is 6.36 Å². The second-order valence-electron chi connectivity index (χ2n) is 9.45. The summed E-state index contributed by atoms with van der Waals surface area (Å²) in [4.78, 5) is 27.2. The number of alkyl halides is 3. The van der Waals surface area contributed by atoms with Crippen molar-refractivity contribution in [2.45, 2.75) is 32.5 Å². The summed E-state index contributed by atoms with van der Waals surface area (Å²) in [5.74, 6) is -0.477. The fourth-order valence-corrected chi connectivity index (χ4v) is 5.24. The topological polar surface area (TPSA) is 80.9 Å². The predicted octanol–water partition coefficient (Wildman–Crippen LogP) is 3.76. The SMILES string of the molecule is Cc1ccc(OC(F)(F)F)cc1NC(=O)CC1CC2(C1)CN(C(=O)c1cnn3ccn(C)c13)C2. The number of rotatable bonds is 5. The van der Waals surface area contributed by atoms with Crippen LogP contribution in [0.15, 0.2) is 36.8 Å². The van der Waals surface area contributed by atoms with Gasteiger partial charge >= 0.3 is 6.36 Å². The van der Waals surface area contributed by atoms with Gasteiger partial charge in [0, 0.05) is 56.1 Å². The number of benzene rings is 1. The van der Waals surface area contributed by atoms with Crippen LogP contribution in [0.4, 0.5) is 18.9 Å². The lowest BCUT2D eigenvalue weighted by atomic mass is 9.57. The lowest BCUT2D eigenvalue weighted by Gasteiger charge is -2.59. The summed E-state index contributed by atoms with van der Waals surface area (Å²) in [7, 11) is 1.87. The maximum atomic E-state index is 12.9. The van der Waals surface area contributed by atoms with Crippen molar-refractivity contribution >= 4 is 23.1 Å². The molecule has 2 fully saturated rings. The third-order valence-corrected chi connectivity index (χ3v) is 6.74. The quantitative estimate of drug-likeness (QED) is 0.610. The number of ether oxygens (including phenoxy) is 1. The van der Waals surface area contributed by atoms with Crippen LogP contribution in [-0.2, 0) is 11.8 Å². The fraction of sp³-hybridized carbons (Fsp3) is 0.435. The van der Waals surface area contributed by atoms with E-state index in [1.165, 1.54) is 18.2 Å². The first kappa shape index (κ1) is 22.3. The van der Waals surface area contributed by atoms with Gasteiger partial charge in [-0.05, 0) is 37.3 Å². The van der Waals surface area contributed by atoms with Gasteiger partial charge in [0.05, 0.1) is 6.20 Å². The van der Waals surface area contributed by atoms with Crippen LogP contribution in [0.25, 0.3) is 5.65 Å². The minimum atomic E-state index is -4.79. The zero-order valence-corrected chi connectivity index (χ0v) is 18.7. The second-order valence-corrected chi connectivity index (χ2v) is 9.45. The first-order valence-corrected chi connectivity index (χ1v) is 11.0. The number of anilines is 1. The molecule has 0 radical (unpaired) electrons. The number of hydrogen-bond donors (Lipinski definition) is 1. The Balaban J connectivity index is 1.12. The van der Waals surface area contributed by atoms with Crippen LogP contribution in [0.1, 0.15) is 35.2 Å². The van der Waals surface area contributed by atoms with Crippen molar-refractivity contribution in [3.63, 3.8) is 0 Å². The predicted molar refractivity (Wildman–Crippen MR) is 116 cm³/mol. The molecule has 0 atom stereocenters. The van der Waals surface area contributed by atoms with E-state index in [-0.39, 0.29) is 35.3 Å². The summed E-state index contributed by atoms with van der Waals surface area (Å²) in [5, 5.41) is 6.92. The summed E-state index contributed by atoms with van der Waals surface area (Å²) in [5.41, 5.74) is 2.33. The molecule has 1 aliphatic carbocycles. The third-order valence-electron chi connectivity index (χ3n) is 6.74. The van der Waals surface area contributed by atoms with Crippen LogP contribution in [0.3, 0.4) is 0 Å². The third kappa shape index (κ3) is 4.10. The summed E-state index contributed by atoms with van der Waals surface area (Å²) >= 11 is 0. The van der Waals surface area contributed by atoms with Gasteiger partial charge in [-0.15, -0.1) is 13.2 Å². The molecule has 1 aromatic carbocycles. The molecule has 3 aromatic rings. The van der Waals surface area contributed by atoms with E-state index in [0.717, 1.165) is 18.5 Å². The average Bonchev–Trinajstić information content (AvgIpc) is 3.27. The standard InChI is InChI=1S/C23H24F3N5O3/c1-14-3-4-16(34-23(24,25)26)8-18(14)28-19(32)7-15-9-22(10-15)12-30(13-22)21(33)17-11-27-31-6-5-29(2)20(17)31/h3-6,8,11,15H,7,9-10,12-13H2,1-2H3,(H,28,32). The van der Waals surface area contributed by atoms with E-state index in [0.29, 0.717) is 29.9 Å². The van der Waals surface area contributed by atoms with Gasteiger partial charge in [0.25, 0.3) is 5.91 Å². The van der Waals surface area contributed by atoms with Crippen molar-refractivity contribution in [1.29, 1.82) is 0 Å². The normalized spacial score (nSPS) is 17.5. The van der Waals surface area contributed by atoms with Crippen molar-refractivity contribution in [3.8, 4) is 5.75 Å². The average molecular weight is 475 g/mol. The minimum absolute atomic E-state index is 0.0416. The molecule has 1 aliphatic heterocycles. The number of likely N-dealkylation sites (tertiary alicyclic amines) is 1. The van der Waals surface area contributed by atoms with Crippen LogP contribution in [0, 0.1) is 18.3 Å². The highest BCUT2D eigenvalue weighted by Crippen LogP contribution is 2.53. The number of carbonyl (C=O) groups excluding carboxylic acids is 2. The molecule has 11 heteroatoms. The number of amides is 2. The Morgan fingerprint density at radius 1 is 1.24 bits per heavy atom. The van der Waals surface area contributed by atoms with Gasteiger partial charge in [-0.2, -0.15) is 5.10 Å². The molecule has 2 aliphatic rings. The first-order valence-electron chi connectivity index (χ1n) is 11.0. The van der Waals surface area contributed by atoms with E-state index in [2.05, 4.69) is 15.2 Å². The zero-order valence-electron chi connectivity index (χ0n) is 18.7. The van der Waals surface area contributed by atoms with Crippen molar-refractivity contribution in [3.05, 3.63) is 47.9 Å². The molecular formula is C23H24F3N5O3. The van der Waals surface area contributed by atoms with Crippen LogP contribution in [0.2, 0.25) is 0 Å². The fourth-order valence-electron chi connectivity index (χ4n) is 5.24. The Kier molecular flexibility index (Phi) is 5.10. The first-order chi connectivity index (χ1) is 16.0. The maximum absolute atomic E-state index is 12.9. The molecule has 2 aromatic heterocycles. The molecule has 1 spiro atoms. The van der Waals surface area contributed by atoms with E-state index in [4.69, 9.17) is 0 Å². The van der Waals surface area contributed by atoms with Gasteiger partial charge in [-0.1, -0.05) is 6.07 Å². The van der Waals surface area contributed by atoms with Crippen molar-refractivity contribution in [1.82, 2.24) is 19.1 Å². The van der Waals surface area contributed by atoms with Crippen LogP contribution in [-0.4, -0.2) is 50.3 Å². The molecule has 0 unspecified atom stereocenters. The molecule has 5 rings (SSSR count). The number of hydrogen-bond acceptors (Lipinski definition) is 4. The van der Waals surface area contributed by atoms with Crippen LogP contribution >= 0.6 is 0 Å². The lowest BCUT2D eigenvalue weighted by molar-refractivity contribution is -0.274.